The van der Waals surface area contributed by atoms with Gasteiger partial charge in [0.1, 0.15) is 0 Å². The molecule has 0 fully saturated rings. The van der Waals surface area contributed by atoms with E-state index in [-0.39, 0.29) is 4.90 Å². The molecule has 5 aromatic rings. The molecular formula is C21H18N6O2S. The molecule has 0 aliphatic rings. The SMILES string of the molecule is CNCc1cc2c(-c3cnn4ncccc34)ccnc2n1S(=O)(=O)c1ccccc1. The Morgan fingerprint density at radius 2 is 1.80 bits per heavy atom. The van der Waals surface area contributed by atoms with Gasteiger partial charge in [-0.1, -0.05) is 18.2 Å². The van der Waals surface area contributed by atoms with E-state index in [2.05, 4.69) is 20.5 Å². The standard InChI is InChI=1S/C21H18N6O2S/c1-22-13-15-12-18-17(19-14-25-27-20(19)8-5-10-24-27)9-11-23-21(18)26(15)30(28,29)16-6-3-2-4-7-16/h2-12,14,22H,13H2,1H3. The van der Waals surface area contributed by atoms with E-state index in [0.29, 0.717) is 17.9 Å². The Bertz CT molecular complexity index is 1470. The molecule has 0 unspecified atom stereocenters. The minimum absolute atomic E-state index is 0.215. The lowest BCUT2D eigenvalue weighted by Crippen LogP contribution is -2.19. The van der Waals surface area contributed by atoms with Gasteiger partial charge < -0.3 is 5.32 Å². The normalized spacial score (nSPS) is 12.0. The third-order valence-electron chi connectivity index (χ3n) is 4.97. The Morgan fingerprint density at radius 3 is 2.60 bits per heavy atom. The lowest BCUT2D eigenvalue weighted by molar-refractivity contribution is 0.585. The van der Waals surface area contributed by atoms with Crippen LogP contribution in [0.25, 0.3) is 27.7 Å². The molecule has 0 amide bonds. The molecule has 150 valence electrons. The molecule has 0 radical (unpaired) electrons. The third-order valence-corrected chi connectivity index (χ3v) is 6.72. The second kappa shape index (κ2) is 7.05. The molecule has 8 nitrogen and oxygen atoms in total. The fourth-order valence-electron chi connectivity index (χ4n) is 3.67. The average Bonchev–Trinajstić information content (AvgIpc) is 3.36. The molecule has 0 aliphatic carbocycles. The zero-order chi connectivity index (χ0) is 20.7. The summed E-state index contributed by atoms with van der Waals surface area (Å²) in [7, 11) is -2.04. The minimum Gasteiger partial charge on any atom is -0.314 e. The molecule has 30 heavy (non-hydrogen) atoms. The molecule has 1 N–H and O–H groups in total. The van der Waals surface area contributed by atoms with Crippen molar-refractivity contribution in [2.24, 2.45) is 0 Å². The Balaban J connectivity index is 1.81. The van der Waals surface area contributed by atoms with Gasteiger partial charge in [-0.2, -0.15) is 14.8 Å². The van der Waals surface area contributed by atoms with Gasteiger partial charge >= 0.3 is 0 Å². The highest BCUT2D eigenvalue weighted by Crippen LogP contribution is 2.34. The number of benzene rings is 1. The van der Waals surface area contributed by atoms with Crippen molar-refractivity contribution < 1.29 is 8.42 Å². The number of hydrogen-bond donors (Lipinski definition) is 1. The topological polar surface area (TPSA) is 94.2 Å². The van der Waals surface area contributed by atoms with E-state index >= 15 is 0 Å². The maximum absolute atomic E-state index is 13.5. The van der Waals surface area contributed by atoms with E-state index in [1.165, 1.54) is 3.97 Å². The average molecular weight is 418 g/mol. The molecule has 1 aromatic carbocycles. The highest BCUT2D eigenvalue weighted by atomic mass is 32.2. The van der Waals surface area contributed by atoms with Gasteiger partial charge in [0.2, 0.25) is 0 Å². The summed E-state index contributed by atoms with van der Waals surface area (Å²) in [4.78, 5) is 4.65. The van der Waals surface area contributed by atoms with Crippen LogP contribution >= 0.6 is 0 Å². The number of aromatic nitrogens is 5. The first-order chi connectivity index (χ1) is 14.6. The van der Waals surface area contributed by atoms with Crippen molar-refractivity contribution in [2.75, 3.05) is 7.05 Å². The van der Waals surface area contributed by atoms with Gasteiger partial charge in [0, 0.05) is 29.9 Å². The molecule has 0 aliphatic heterocycles. The monoisotopic (exact) mass is 418 g/mol. The third kappa shape index (κ3) is 2.78. The van der Waals surface area contributed by atoms with Gasteiger partial charge in [-0.3, -0.25) is 0 Å². The number of hydrogen-bond acceptors (Lipinski definition) is 6. The summed E-state index contributed by atoms with van der Waals surface area (Å²) in [5, 5.41) is 12.3. The van der Waals surface area contributed by atoms with Crippen molar-refractivity contribution in [1.82, 2.24) is 29.1 Å². The molecule has 0 spiro atoms. The van der Waals surface area contributed by atoms with Crippen LogP contribution in [-0.4, -0.2) is 39.2 Å². The van der Waals surface area contributed by atoms with Gasteiger partial charge in [0.05, 0.1) is 22.3 Å². The highest BCUT2D eigenvalue weighted by Gasteiger charge is 2.25. The number of nitrogens with zero attached hydrogens (tertiary/aromatic N) is 5. The number of rotatable bonds is 5. The van der Waals surface area contributed by atoms with Gasteiger partial charge in [0.25, 0.3) is 10.0 Å². The molecule has 4 heterocycles. The van der Waals surface area contributed by atoms with Crippen molar-refractivity contribution in [3.8, 4) is 11.1 Å². The molecule has 0 atom stereocenters. The van der Waals surface area contributed by atoms with Crippen LogP contribution in [0.2, 0.25) is 0 Å². The van der Waals surface area contributed by atoms with Crippen molar-refractivity contribution in [3.05, 3.63) is 78.9 Å². The summed E-state index contributed by atoms with van der Waals surface area (Å²) in [6, 6.07) is 15.9. The first-order valence-electron chi connectivity index (χ1n) is 9.35. The number of nitrogens with one attached hydrogen (secondary N) is 1. The van der Waals surface area contributed by atoms with Gasteiger partial charge in [0.15, 0.2) is 5.65 Å². The lowest BCUT2D eigenvalue weighted by Gasteiger charge is -2.11. The smallest absolute Gasteiger partial charge is 0.269 e. The second-order valence-corrected chi connectivity index (χ2v) is 8.59. The lowest BCUT2D eigenvalue weighted by atomic mass is 10.1. The Labute approximate surface area is 172 Å². The fraction of sp³-hybridized carbons (Fsp3) is 0.0952. The molecule has 0 bridgehead atoms. The Kier molecular flexibility index (Phi) is 4.34. The Morgan fingerprint density at radius 1 is 0.967 bits per heavy atom. The van der Waals surface area contributed by atoms with E-state index < -0.39 is 10.0 Å². The van der Waals surface area contributed by atoms with E-state index in [0.717, 1.165) is 22.0 Å². The summed E-state index contributed by atoms with van der Waals surface area (Å²) in [5.74, 6) is 0. The minimum atomic E-state index is -3.82. The summed E-state index contributed by atoms with van der Waals surface area (Å²) in [5.41, 5.74) is 3.53. The quantitative estimate of drug-likeness (QED) is 0.472. The maximum atomic E-state index is 13.5. The van der Waals surface area contributed by atoms with Crippen LogP contribution in [0.3, 0.4) is 0 Å². The van der Waals surface area contributed by atoms with E-state index in [4.69, 9.17) is 0 Å². The maximum Gasteiger partial charge on any atom is 0.269 e. The van der Waals surface area contributed by atoms with E-state index in [1.54, 1.807) is 60.6 Å². The van der Waals surface area contributed by atoms with Crippen LogP contribution in [0.1, 0.15) is 5.69 Å². The Hall–Kier alpha value is -3.56. The highest BCUT2D eigenvalue weighted by molar-refractivity contribution is 7.90. The second-order valence-electron chi connectivity index (χ2n) is 6.80. The first-order valence-corrected chi connectivity index (χ1v) is 10.8. The zero-order valence-electron chi connectivity index (χ0n) is 16.1. The van der Waals surface area contributed by atoms with Crippen LogP contribution in [0.15, 0.2) is 78.1 Å². The van der Waals surface area contributed by atoms with Gasteiger partial charge in [-0.15, -0.1) is 0 Å². The van der Waals surface area contributed by atoms with Crippen molar-refractivity contribution in [3.63, 3.8) is 0 Å². The molecule has 4 aromatic heterocycles. The van der Waals surface area contributed by atoms with E-state index in [9.17, 15) is 8.42 Å². The van der Waals surface area contributed by atoms with Gasteiger partial charge in [-0.05, 0) is 49.0 Å². The van der Waals surface area contributed by atoms with Crippen molar-refractivity contribution in [1.29, 1.82) is 0 Å². The summed E-state index contributed by atoms with van der Waals surface area (Å²) >= 11 is 0. The van der Waals surface area contributed by atoms with Gasteiger partial charge in [-0.25, -0.2) is 17.4 Å². The van der Waals surface area contributed by atoms with Crippen LogP contribution in [0.4, 0.5) is 0 Å². The van der Waals surface area contributed by atoms with Crippen molar-refractivity contribution in [2.45, 2.75) is 11.4 Å². The summed E-state index contributed by atoms with van der Waals surface area (Å²) < 4.78 is 29.8. The molecule has 0 saturated heterocycles. The largest absolute Gasteiger partial charge is 0.314 e. The van der Waals surface area contributed by atoms with Crippen LogP contribution < -0.4 is 5.32 Å². The molecule has 0 saturated carbocycles. The molecule has 9 heteroatoms. The summed E-state index contributed by atoms with van der Waals surface area (Å²) in [6.45, 7) is 0.373. The molecule has 5 rings (SSSR count). The summed E-state index contributed by atoms with van der Waals surface area (Å²) in [6.07, 6.45) is 5.02. The van der Waals surface area contributed by atoms with Crippen molar-refractivity contribution >= 4 is 26.6 Å². The number of pyridine rings is 1. The number of fused-ring (bicyclic) bond motifs is 2. The zero-order valence-corrected chi connectivity index (χ0v) is 16.9. The molecular weight excluding hydrogens is 400 g/mol. The van der Waals surface area contributed by atoms with Crippen LogP contribution in [0.5, 0.6) is 0 Å². The van der Waals surface area contributed by atoms with Crippen LogP contribution in [-0.2, 0) is 16.6 Å². The fourth-order valence-corrected chi connectivity index (χ4v) is 5.18. The predicted molar refractivity (Wildman–Crippen MR) is 114 cm³/mol. The van der Waals surface area contributed by atoms with Crippen LogP contribution in [0, 0.1) is 0 Å². The van der Waals surface area contributed by atoms with E-state index in [1.807, 2.05) is 24.3 Å². The predicted octanol–water partition coefficient (Wildman–Crippen LogP) is 2.70. The first kappa shape index (κ1) is 18.5.